The second kappa shape index (κ2) is 7.24. The molecule has 0 saturated carbocycles. The van der Waals surface area contributed by atoms with Gasteiger partial charge in [-0.3, -0.25) is 4.99 Å². The number of rotatable bonds is 4. The minimum atomic E-state index is -0.208. The lowest BCUT2D eigenvalue weighted by atomic mass is 10.2. The Morgan fingerprint density at radius 1 is 1.35 bits per heavy atom. The summed E-state index contributed by atoms with van der Waals surface area (Å²) in [6.45, 7) is 2.72. The molecule has 2 N–H and O–H groups in total. The minimum absolute atomic E-state index is 0.208. The van der Waals surface area contributed by atoms with Crippen molar-refractivity contribution in [1.29, 1.82) is 0 Å². The predicted octanol–water partition coefficient (Wildman–Crippen LogP) is 1.58. The number of benzene rings is 1. The predicted molar refractivity (Wildman–Crippen MR) is 80.3 cm³/mol. The zero-order valence-electron chi connectivity index (χ0n) is 12.2. The first-order chi connectivity index (χ1) is 9.69. The first kappa shape index (κ1) is 14.8. The van der Waals surface area contributed by atoms with Crippen molar-refractivity contribution in [3.63, 3.8) is 0 Å². The van der Waals surface area contributed by atoms with Crippen LogP contribution in [-0.2, 0) is 6.54 Å². The van der Waals surface area contributed by atoms with Crippen LogP contribution in [0.2, 0.25) is 0 Å². The Labute approximate surface area is 120 Å². The lowest BCUT2D eigenvalue weighted by molar-refractivity contribution is 0.309. The first-order valence-electron chi connectivity index (χ1n) is 7.08. The fraction of sp³-hybridized carbons (Fsp3) is 0.533. The summed E-state index contributed by atoms with van der Waals surface area (Å²) in [6.07, 6.45) is 2.50. The van der Waals surface area contributed by atoms with Gasteiger partial charge in [0, 0.05) is 26.2 Å². The summed E-state index contributed by atoms with van der Waals surface area (Å²) in [5.41, 5.74) is 1.03. The topological polar surface area (TPSA) is 39.7 Å². The van der Waals surface area contributed by atoms with Crippen LogP contribution < -0.4 is 10.6 Å². The molecule has 20 heavy (non-hydrogen) atoms. The maximum atomic E-state index is 12.8. The van der Waals surface area contributed by atoms with Gasteiger partial charge in [-0.15, -0.1) is 0 Å². The van der Waals surface area contributed by atoms with Crippen LogP contribution in [0.5, 0.6) is 0 Å². The average molecular weight is 278 g/mol. The molecule has 1 aromatic rings. The molecule has 1 saturated heterocycles. The molecule has 1 aliphatic rings. The number of nitrogens with zero attached hydrogens (tertiary/aromatic N) is 2. The van der Waals surface area contributed by atoms with Gasteiger partial charge in [-0.05, 0) is 44.1 Å². The van der Waals surface area contributed by atoms with Gasteiger partial charge in [0.1, 0.15) is 5.82 Å². The van der Waals surface area contributed by atoms with E-state index in [4.69, 9.17) is 0 Å². The van der Waals surface area contributed by atoms with Gasteiger partial charge in [0.15, 0.2) is 5.96 Å². The highest BCUT2D eigenvalue weighted by molar-refractivity contribution is 5.79. The second-order valence-corrected chi connectivity index (χ2v) is 5.21. The molecule has 0 bridgehead atoms. The molecule has 1 unspecified atom stereocenters. The van der Waals surface area contributed by atoms with Crippen molar-refractivity contribution in [2.45, 2.75) is 25.4 Å². The zero-order chi connectivity index (χ0) is 14.4. The van der Waals surface area contributed by atoms with Crippen LogP contribution in [0.15, 0.2) is 29.3 Å². The van der Waals surface area contributed by atoms with Gasteiger partial charge in [0.25, 0.3) is 0 Å². The van der Waals surface area contributed by atoms with Crippen LogP contribution in [0.4, 0.5) is 4.39 Å². The molecule has 2 rings (SSSR count). The summed E-state index contributed by atoms with van der Waals surface area (Å²) in [5, 5.41) is 6.59. The van der Waals surface area contributed by atoms with E-state index in [1.165, 1.54) is 31.5 Å². The normalized spacial score (nSPS) is 20.1. The Bertz CT molecular complexity index is 444. The second-order valence-electron chi connectivity index (χ2n) is 5.21. The van der Waals surface area contributed by atoms with E-state index in [9.17, 15) is 4.39 Å². The number of aliphatic imine (C=N–C) groups is 1. The van der Waals surface area contributed by atoms with Gasteiger partial charge in [0.05, 0.1) is 0 Å². The molecule has 0 amide bonds. The quantitative estimate of drug-likeness (QED) is 0.649. The fourth-order valence-electron chi connectivity index (χ4n) is 2.46. The largest absolute Gasteiger partial charge is 0.355 e. The highest BCUT2D eigenvalue weighted by atomic mass is 19.1. The molecule has 4 nitrogen and oxygen atoms in total. The summed E-state index contributed by atoms with van der Waals surface area (Å²) < 4.78 is 12.8. The van der Waals surface area contributed by atoms with Crippen molar-refractivity contribution in [1.82, 2.24) is 15.5 Å². The van der Waals surface area contributed by atoms with Crippen molar-refractivity contribution in [3.05, 3.63) is 35.6 Å². The molecule has 0 aromatic heterocycles. The van der Waals surface area contributed by atoms with Gasteiger partial charge in [-0.1, -0.05) is 12.1 Å². The molecule has 1 atom stereocenters. The Hall–Kier alpha value is -1.62. The van der Waals surface area contributed by atoms with Crippen molar-refractivity contribution in [3.8, 4) is 0 Å². The van der Waals surface area contributed by atoms with Crippen LogP contribution in [0.1, 0.15) is 18.4 Å². The van der Waals surface area contributed by atoms with E-state index in [1.807, 2.05) is 0 Å². The Morgan fingerprint density at radius 3 is 2.70 bits per heavy atom. The maximum absolute atomic E-state index is 12.8. The summed E-state index contributed by atoms with van der Waals surface area (Å²) in [7, 11) is 3.92. The third-order valence-corrected chi connectivity index (χ3v) is 3.77. The zero-order valence-corrected chi connectivity index (χ0v) is 12.2. The van der Waals surface area contributed by atoms with E-state index in [0.717, 1.165) is 18.1 Å². The Kier molecular flexibility index (Phi) is 5.35. The molecular formula is C15H23FN4. The van der Waals surface area contributed by atoms with E-state index >= 15 is 0 Å². The molecular weight excluding hydrogens is 255 g/mol. The van der Waals surface area contributed by atoms with E-state index < -0.39 is 0 Å². The van der Waals surface area contributed by atoms with Gasteiger partial charge in [-0.25, -0.2) is 4.39 Å². The molecule has 5 heteroatoms. The number of hydrogen-bond acceptors (Lipinski definition) is 2. The number of guanidine groups is 1. The molecule has 110 valence electrons. The SMILES string of the molecule is CN=C(NCc1ccc(F)cc1)NCC1CCCN1C. The maximum Gasteiger partial charge on any atom is 0.191 e. The van der Waals surface area contributed by atoms with Gasteiger partial charge in [-0.2, -0.15) is 0 Å². The van der Waals surface area contributed by atoms with Crippen LogP contribution >= 0.6 is 0 Å². The van der Waals surface area contributed by atoms with E-state index in [2.05, 4.69) is 27.6 Å². The molecule has 0 aliphatic carbocycles. The smallest absolute Gasteiger partial charge is 0.191 e. The third-order valence-electron chi connectivity index (χ3n) is 3.77. The number of likely N-dealkylation sites (tertiary alicyclic amines) is 1. The molecule has 1 fully saturated rings. The van der Waals surface area contributed by atoms with Crippen molar-refractivity contribution >= 4 is 5.96 Å². The molecule has 0 spiro atoms. The summed E-state index contributed by atoms with van der Waals surface area (Å²) in [6, 6.07) is 7.08. The van der Waals surface area contributed by atoms with Gasteiger partial charge < -0.3 is 15.5 Å². The van der Waals surface area contributed by atoms with E-state index in [0.29, 0.717) is 12.6 Å². The van der Waals surface area contributed by atoms with E-state index in [-0.39, 0.29) is 5.82 Å². The average Bonchev–Trinajstić information content (AvgIpc) is 2.86. The minimum Gasteiger partial charge on any atom is -0.355 e. The summed E-state index contributed by atoms with van der Waals surface area (Å²) >= 11 is 0. The van der Waals surface area contributed by atoms with Crippen molar-refractivity contribution in [2.75, 3.05) is 27.2 Å². The lowest BCUT2D eigenvalue weighted by Crippen LogP contribution is -2.43. The van der Waals surface area contributed by atoms with Crippen molar-refractivity contribution < 1.29 is 4.39 Å². The summed E-state index contributed by atoms with van der Waals surface area (Å²) in [5.74, 6) is 0.579. The third kappa shape index (κ3) is 4.20. The first-order valence-corrected chi connectivity index (χ1v) is 7.08. The molecule has 1 aromatic carbocycles. The van der Waals surface area contributed by atoms with E-state index in [1.54, 1.807) is 19.2 Å². The van der Waals surface area contributed by atoms with Crippen LogP contribution in [0, 0.1) is 5.82 Å². The fourth-order valence-corrected chi connectivity index (χ4v) is 2.46. The Balaban J connectivity index is 1.76. The number of halogens is 1. The van der Waals surface area contributed by atoms with Gasteiger partial charge in [0.2, 0.25) is 0 Å². The number of nitrogens with one attached hydrogen (secondary N) is 2. The number of hydrogen-bond donors (Lipinski definition) is 2. The highest BCUT2D eigenvalue weighted by Gasteiger charge is 2.20. The number of likely N-dealkylation sites (N-methyl/N-ethyl adjacent to an activating group) is 1. The molecule has 1 heterocycles. The molecule has 0 radical (unpaired) electrons. The standard InChI is InChI=1S/C15H23FN4/c1-17-15(19-11-14-4-3-9-20(14)2)18-10-12-5-7-13(16)8-6-12/h5-8,14H,3-4,9-11H2,1-2H3,(H2,17,18,19). The monoisotopic (exact) mass is 278 g/mol. The Morgan fingerprint density at radius 2 is 2.10 bits per heavy atom. The van der Waals surface area contributed by atoms with Crippen molar-refractivity contribution in [2.24, 2.45) is 4.99 Å². The lowest BCUT2D eigenvalue weighted by Gasteiger charge is -2.21. The van der Waals surface area contributed by atoms with Gasteiger partial charge >= 0.3 is 0 Å². The molecule has 1 aliphatic heterocycles. The van der Waals surface area contributed by atoms with Crippen LogP contribution in [-0.4, -0.2) is 44.1 Å². The van der Waals surface area contributed by atoms with Crippen LogP contribution in [0.25, 0.3) is 0 Å². The summed E-state index contributed by atoms with van der Waals surface area (Å²) in [4.78, 5) is 6.58. The van der Waals surface area contributed by atoms with Crippen LogP contribution in [0.3, 0.4) is 0 Å². The highest BCUT2D eigenvalue weighted by Crippen LogP contribution is 2.13.